The Kier molecular flexibility index (Phi) is 10.5. The topological polar surface area (TPSA) is 50.7 Å². The van der Waals surface area contributed by atoms with Crippen molar-refractivity contribution in [1.82, 2.24) is 5.32 Å². The Hall–Kier alpha value is -2.04. The second kappa shape index (κ2) is 13.2. The molecule has 0 radical (unpaired) electrons. The fourth-order valence-electron chi connectivity index (χ4n) is 3.12. The van der Waals surface area contributed by atoms with Gasteiger partial charge < -0.3 is 19.9 Å². The number of aryl methyl sites for hydroxylation is 1. The zero-order chi connectivity index (χ0) is 20.0. The lowest BCUT2D eigenvalue weighted by molar-refractivity contribution is 0.133. The fourth-order valence-corrected chi connectivity index (χ4v) is 3.12. The van der Waals surface area contributed by atoms with Crippen LogP contribution in [0, 0.1) is 6.92 Å². The van der Waals surface area contributed by atoms with E-state index in [0.717, 1.165) is 56.9 Å². The van der Waals surface area contributed by atoms with E-state index in [9.17, 15) is 5.11 Å². The van der Waals surface area contributed by atoms with Gasteiger partial charge in [-0.3, -0.25) is 0 Å². The van der Waals surface area contributed by atoms with Crippen LogP contribution in [0.15, 0.2) is 42.5 Å². The zero-order valence-electron chi connectivity index (χ0n) is 17.4. The molecule has 0 bridgehead atoms. The molecule has 4 nitrogen and oxygen atoms in total. The van der Waals surface area contributed by atoms with Gasteiger partial charge in [0.15, 0.2) is 0 Å². The highest BCUT2D eigenvalue weighted by Crippen LogP contribution is 2.17. The highest BCUT2D eigenvalue weighted by molar-refractivity contribution is 5.35. The maximum atomic E-state index is 9.55. The van der Waals surface area contributed by atoms with Gasteiger partial charge in [-0.05, 0) is 80.6 Å². The van der Waals surface area contributed by atoms with Crippen LogP contribution in [0.5, 0.6) is 11.5 Å². The molecule has 0 aliphatic heterocycles. The van der Waals surface area contributed by atoms with E-state index in [4.69, 9.17) is 9.47 Å². The Morgan fingerprint density at radius 1 is 0.821 bits per heavy atom. The molecule has 154 valence electrons. The average molecular weight is 386 g/mol. The minimum atomic E-state index is 0.376. The van der Waals surface area contributed by atoms with Crippen molar-refractivity contribution in [2.45, 2.75) is 45.4 Å². The minimum absolute atomic E-state index is 0.376. The molecular formula is C24H35NO3. The maximum absolute atomic E-state index is 9.55. The summed E-state index contributed by atoms with van der Waals surface area (Å²) in [5, 5.41) is 13.0. The standard InChI is InChI=1S/C24H35NO3/c1-20-19-22(9-12-24(20)26)13-16-25-15-5-3-4-6-17-28-18-14-21-7-10-23(27-2)11-8-21/h7-12,19,25-26H,3-6,13-18H2,1-2H3. The molecule has 0 aliphatic carbocycles. The van der Waals surface area contributed by atoms with E-state index in [1.54, 1.807) is 13.2 Å². The molecule has 0 atom stereocenters. The van der Waals surface area contributed by atoms with Crippen LogP contribution in [-0.4, -0.2) is 38.5 Å². The minimum Gasteiger partial charge on any atom is -0.508 e. The second-order valence-electron chi connectivity index (χ2n) is 7.25. The van der Waals surface area contributed by atoms with Crippen LogP contribution in [0.2, 0.25) is 0 Å². The van der Waals surface area contributed by atoms with Crippen molar-refractivity contribution in [3.63, 3.8) is 0 Å². The van der Waals surface area contributed by atoms with E-state index in [1.807, 2.05) is 25.1 Å². The van der Waals surface area contributed by atoms with Gasteiger partial charge in [-0.15, -0.1) is 0 Å². The predicted molar refractivity (Wildman–Crippen MR) is 115 cm³/mol. The van der Waals surface area contributed by atoms with Gasteiger partial charge in [-0.2, -0.15) is 0 Å². The van der Waals surface area contributed by atoms with Crippen molar-refractivity contribution in [3.8, 4) is 11.5 Å². The van der Waals surface area contributed by atoms with Crippen molar-refractivity contribution in [1.29, 1.82) is 0 Å². The lowest BCUT2D eigenvalue weighted by Gasteiger charge is -2.07. The Labute approximate surface area is 169 Å². The van der Waals surface area contributed by atoms with Crippen LogP contribution >= 0.6 is 0 Å². The summed E-state index contributed by atoms with van der Waals surface area (Å²) in [6.45, 7) is 5.62. The van der Waals surface area contributed by atoms with E-state index in [1.165, 1.54) is 30.4 Å². The Balaban J connectivity index is 1.38. The molecule has 0 amide bonds. The van der Waals surface area contributed by atoms with Gasteiger partial charge in [0, 0.05) is 6.61 Å². The molecule has 2 aromatic carbocycles. The number of ether oxygens (including phenoxy) is 2. The van der Waals surface area contributed by atoms with Gasteiger partial charge >= 0.3 is 0 Å². The van der Waals surface area contributed by atoms with E-state index in [-0.39, 0.29) is 0 Å². The Bertz CT molecular complexity index is 670. The number of phenols is 1. The monoisotopic (exact) mass is 385 g/mol. The maximum Gasteiger partial charge on any atom is 0.118 e. The molecule has 0 spiro atoms. The SMILES string of the molecule is COc1ccc(CCOCCCCCCNCCc2ccc(O)c(C)c2)cc1. The van der Waals surface area contributed by atoms with Gasteiger partial charge in [0.1, 0.15) is 11.5 Å². The summed E-state index contributed by atoms with van der Waals surface area (Å²) in [4.78, 5) is 0. The van der Waals surface area contributed by atoms with E-state index < -0.39 is 0 Å². The zero-order valence-corrected chi connectivity index (χ0v) is 17.4. The summed E-state index contributed by atoms with van der Waals surface area (Å²) in [5.41, 5.74) is 3.51. The molecule has 2 N–H and O–H groups in total. The van der Waals surface area contributed by atoms with E-state index in [2.05, 4.69) is 23.5 Å². The van der Waals surface area contributed by atoms with Crippen molar-refractivity contribution in [2.24, 2.45) is 0 Å². The van der Waals surface area contributed by atoms with Crippen LogP contribution in [0.25, 0.3) is 0 Å². The lowest BCUT2D eigenvalue weighted by atomic mass is 10.1. The number of aromatic hydroxyl groups is 1. The third kappa shape index (κ3) is 8.77. The number of rotatable bonds is 14. The van der Waals surface area contributed by atoms with Gasteiger partial charge in [0.05, 0.1) is 13.7 Å². The smallest absolute Gasteiger partial charge is 0.118 e. The van der Waals surface area contributed by atoms with Gasteiger partial charge in [-0.25, -0.2) is 0 Å². The molecule has 2 rings (SSSR count). The van der Waals surface area contributed by atoms with Gasteiger partial charge in [0.25, 0.3) is 0 Å². The predicted octanol–water partition coefficient (Wildman–Crippen LogP) is 4.66. The van der Waals surface area contributed by atoms with Crippen LogP contribution in [0.1, 0.15) is 42.4 Å². The Morgan fingerprint density at radius 2 is 1.57 bits per heavy atom. The number of hydrogen-bond donors (Lipinski definition) is 2. The molecule has 0 saturated carbocycles. The summed E-state index contributed by atoms with van der Waals surface area (Å²) in [7, 11) is 1.69. The number of hydrogen-bond acceptors (Lipinski definition) is 4. The highest BCUT2D eigenvalue weighted by Gasteiger charge is 1.99. The summed E-state index contributed by atoms with van der Waals surface area (Å²) >= 11 is 0. The normalized spacial score (nSPS) is 10.9. The van der Waals surface area contributed by atoms with Crippen molar-refractivity contribution < 1.29 is 14.6 Å². The summed E-state index contributed by atoms with van der Waals surface area (Å²) in [6.07, 6.45) is 6.77. The molecule has 0 unspecified atom stereocenters. The molecule has 0 aliphatic rings. The Morgan fingerprint density at radius 3 is 2.32 bits per heavy atom. The first kappa shape index (κ1) is 22.3. The fraction of sp³-hybridized carbons (Fsp3) is 0.500. The number of methoxy groups -OCH3 is 1. The second-order valence-corrected chi connectivity index (χ2v) is 7.25. The highest BCUT2D eigenvalue weighted by atomic mass is 16.5. The number of benzene rings is 2. The molecule has 0 fully saturated rings. The molecule has 0 heterocycles. The first-order valence-electron chi connectivity index (χ1n) is 10.4. The van der Waals surface area contributed by atoms with Gasteiger partial charge in [-0.1, -0.05) is 37.1 Å². The van der Waals surface area contributed by atoms with Crippen molar-refractivity contribution in [3.05, 3.63) is 59.2 Å². The molecule has 4 heteroatoms. The number of phenolic OH excluding ortho intramolecular Hbond substituents is 1. The van der Waals surface area contributed by atoms with E-state index >= 15 is 0 Å². The first-order valence-corrected chi connectivity index (χ1v) is 10.4. The molecule has 28 heavy (non-hydrogen) atoms. The molecule has 0 aromatic heterocycles. The van der Waals surface area contributed by atoms with Crippen molar-refractivity contribution in [2.75, 3.05) is 33.4 Å². The largest absolute Gasteiger partial charge is 0.508 e. The third-order valence-corrected chi connectivity index (χ3v) is 4.94. The van der Waals surface area contributed by atoms with Gasteiger partial charge in [0.2, 0.25) is 0 Å². The summed E-state index contributed by atoms with van der Waals surface area (Å²) in [5.74, 6) is 1.27. The van der Waals surface area contributed by atoms with Crippen LogP contribution in [0.4, 0.5) is 0 Å². The third-order valence-electron chi connectivity index (χ3n) is 4.94. The van der Waals surface area contributed by atoms with Crippen LogP contribution in [-0.2, 0) is 17.6 Å². The first-order chi connectivity index (χ1) is 13.7. The van der Waals surface area contributed by atoms with Crippen molar-refractivity contribution >= 4 is 0 Å². The van der Waals surface area contributed by atoms with E-state index in [0.29, 0.717) is 5.75 Å². The van der Waals surface area contributed by atoms with Crippen LogP contribution < -0.4 is 10.1 Å². The average Bonchev–Trinajstić information content (AvgIpc) is 2.72. The summed E-state index contributed by atoms with van der Waals surface area (Å²) < 4.78 is 10.9. The molecular weight excluding hydrogens is 350 g/mol. The number of unbranched alkanes of at least 4 members (excludes halogenated alkanes) is 3. The molecule has 0 saturated heterocycles. The number of nitrogens with one attached hydrogen (secondary N) is 1. The molecule has 2 aromatic rings. The summed E-state index contributed by atoms with van der Waals surface area (Å²) in [6, 6.07) is 14.0. The lowest BCUT2D eigenvalue weighted by Crippen LogP contribution is -2.18. The van der Waals surface area contributed by atoms with Crippen LogP contribution in [0.3, 0.4) is 0 Å². The quantitative estimate of drug-likeness (QED) is 0.464.